The van der Waals surface area contributed by atoms with Crippen LogP contribution in [0.4, 0.5) is 4.79 Å². The van der Waals surface area contributed by atoms with Gasteiger partial charge in [-0.25, -0.2) is 9.69 Å². The van der Waals surface area contributed by atoms with Gasteiger partial charge in [-0.2, -0.15) is 0 Å². The van der Waals surface area contributed by atoms with Gasteiger partial charge in [0.2, 0.25) is 5.91 Å². The van der Waals surface area contributed by atoms with Crippen LogP contribution < -0.4 is 0 Å². The molecule has 1 aliphatic heterocycles. The van der Waals surface area contributed by atoms with Crippen LogP contribution in [-0.4, -0.2) is 59.1 Å². The molecule has 3 rings (SSSR count). The van der Waals surface area contributed by atoms with Crippen LogP contribution >= 0.6 is 11.6 Å². The van der Waals surface area contributed by atoms with E-state index in [9.17, 15) is 19.2 Å². The molecule has 1 aromatic heterocycles. The van der Waals surface area contributed by atoms with Gasteiger partial charge >= 0.3 is 17.8 Å². The fraction of sp³-hybridized carbons (Fsp3) is 0.222. The molecular formula is C18H16ClN3O5. The van der Waals surface area contributed by atoms with Crippen LogP contribution in [0.2, 0.25) is 5.02 Å². The van der Waals surface area contributed by atoms with Crippen LogP contribution in [-0.2, 0) is 20.9 Å². The highest BCUT2D eigenvalue weighted by Crippen LogP contribution is 2.24. The van der Waals surface area contributed by atoms with Crippen molar-refractivity contribution in [3.8, 4) is 11.3 Å². The van der Waals surface area contributed by atoms with Gasteiger partial charge in [-0.3, -0.25) is 19.3 Å². The number of hydrogen-bond donors (Lipinski definition) is 0. The monoisotopic (exact) mass is 389 g/mol. The molecule has 1 aliphatic rings. The first-order valence-corrected chi connectivity index (χ1v) is 8.38. The number of halogens is 1. The molecule has 0 spiro atoms. The SMILES string of the molecule is CN(Cc1ccc(-c2ccc(Cl)cc2)o1)C(=O)CN1C(=O)C(=O)N(C)C1=O. The van der Waals surface area contributed by atoms with Crippen molar-refractivity contribution < 1.29 is 23.6 Å². The van der Waals surface area contributed by atoms with E-state index >= 15 is 0 Å². The van der Waals surface area contributed by atoms with E-state index in [1.807, 2.05) is 12.1 Å². The summed E-state index contributed by atoms with van der Waals surface area (Å²) >= 11 is 5.87. The Morgan fingerprint density at radius 1 is 1.07 bits per heavy atom. The van der Waals surface area contributed by atoms with E-state index in [2.05, 4.69) is 0 Å². The van der Waals surface area contributed by atoms with Crippen LogP contribution in [0.1, 0.15) is 5.76 Å². The molecule has 0 N–H and O–H groups in total. The third kappa shape index (κ3) is 3.70. The number of carbonyl (C=O) groups is 4. The van der Waals surface area contributed by atoms with Gasteiger partial charge in [-0.05, 0) is 36.4 Å². The van der Waals surface area contributed by atoms with Crippen molar-refractivity contribution in [1.29, 1.82) is 0 Å². The molecule has 0 aliphatic carbocycles. The fourth-order valence-electron chi connectivity index (χ4n) is 2.56. The fourth-order valence-corrected chi connectivity index (χ4v) is 2.69. The Kier molecular flexibility index (Phi) is 5.00. The number of carbonyl (C=O) groups excluding carboxylic acids is 4. The summed E-state index contributed by atoms with van der Waals surface area (Å²) in [6.07, 6.45) is 0. The summed E-state index contributed by atoms with van der Waals surface area (Å²) in [4.78, 5) is 50.0. The number of imide groups is 2. The smallest absolute Gasteiger partial charge is 0.334 e. The van der Waals surface area contributed by atoms with Crippen LogP contribution in [0, 0.1) is 0 Å². The Hall–Kier alpha value is -3.13. The number of urea groups is 1. The average Bonchev–Trinajstić information content (AvgIpc) is 3.18. The third-order valence-corrected chi connectivity index (χ3v) is 4.41. The van der Waals surface area contributed by atoms with Gasteiger partial charge in [-0.15, -0.1) is 0 Å². The lowest BCUT2D eigenvalue weighted by Gasteiger charge is -2.19. The molecule has 0 radical (unpaired) electrons. The highest BCUT2D eigenvalue weighted by Gasteiger charge is 2.43. The maximum atomic E-state index is 12.3. The summed E-state index contributed by atoms with van der Waals surface area (Å²) < 4.78 is 5.73. The number of likely N-dealkylation sites (N-methyl/N-ethyl adjacent to an activating group) is 2. The molecule has 140 valence electrons. The van der Waals surface area contributed by atoms with E-state index < -0.39 is 30.3 Å². The molecule has 0 atom stereocenters. The molecule has 1 aromatic carbocycles. The first-order chi connectivity index (χ1) is 12.8. The lowest BCUT2D eigenvalue weighted by Crippen LogP contribution is -2.41. The van der Waals surface area contributed by atoms with Gasteiger partial charge in [0.25, 0.3) is 0 Å². The summed E-state index contributed by atoms with van der Waals surface area (Å²) in [6.45, 7) is -0.360. The number of benzene rings is 1. The quantitative estimate of drug-likeness (QED) is 0.576. The number of rotatable bonds is 5. The normalized spacial score (nSPS) is 14.3. The summed E-state index contributed by atoms with van der Waals surface area (Å²) in [7, 11) is 2.71. The van der Waals surface area contributed by atoms with Crippen molar-refractivity contribution in [3.05, 3.63) is 47.2 Å². The molecule has 0 unspecified atom stereocenters. The van der Waals surface area contributed by atoms with Crippen LogP contribution in [0.15, 0.2) is 40.8 Å². The van der Waals surface area contributed by atoms with Gasteiger partial charge < -0.3 is 9.32 Å². The van der Waals surface area contributed by atoms with Gasteiger partial charge in [0, 0.05) is 24.7 Å². The maximum absolute atomic E-state index is 12.3. The summed E-state index contributed by atoms with van der Waals surface area (Å²) in [5.74, 6) is -1.30. The number of furan rings is 1. The van der Waals surface area contributed by atoms with E-state index in [0.717, 1.165) is 5.56 Å². The topological polar surface area (TPSA) is 91.1 Å². The Morgan fingerprint density at radius 3 is 2.33 bits per heavy atom. The molecule has 8 nitrogen and oxygen atoms in total. The van der Waals surface area contributed by atoms with Crippen molar-refractivity contribution in [1.82, 2.24) is 14.7 Å². The lowest BCUT2D eigenvalue weighted by atomic mass is 10.2. The molecule has 2 aromatic rings. The minimum absolute atomic E-state index is 0.145. The Balaban J connectivity index is 1.64. The third-order valence-electron chi connectivity index (χ3n) is 4.15. The molecule has 1 saturated heterocycles. The first-order valence-electron chi connectivity index (χ1n) is 8.00. The van der Waals surface area contributed by atoms with Gasteiger partial charge in [0.05, 0.1) is 6.54 Å². The Labute approximate surface area is 159 Å². The number of nitrogens with zero attached hydrogens (tertiary/aromatic N) is 3. The number of hydrogen-bond acceptors (Lipinski definition) is 5. The van der Waals surface area contributed by atoms with Crippen LogP contribution in [0.25, 0.3) is 11.3 Å². The average molecular weight is 390 g/mol. The molecule has 5 amide bonds. The molecule has 1 fully saturated rings. The summed E-state index contributed by atoms with van der Waals surface area (Å²) in [6, 6.07) is 9.83. The van der Waals surface area contributed by atoms with Crippen molar-refractivity contribution in [3.63, 3.8) is 0 Å². The molecule has 9 heteroatoms. The minimum atomic E-state index is -1.01. The zero-order valence-electron chi connectivity index (χ0n) is 14.6. The predicted molar refractivity (Wildman–Crippen MR) is 95.5 cm³/mol. The highest BCUT2D eigenvalue weighted by atomic mass is 35.5. The number of amides is 5. The minimum Gasteiger partial charge on any atom is -0.459 e. The van der Waals surface area contributed by atoms with Crippen molar-refractivity contribution in [2.75, 3.05) is 20.6 Å². The second-order valence-electron chi connectivity index (χ2n) is 6.06. The van der Waals surface area contributed by atoms with Crippen molar-refractivity contribution in [2.24, 2.45) is 0 Å². The zero-order chi connectivity index (χ0) is 19.7. The zero-order valence-corrected chi connectivity index (χ0v) is 15.4. The highest BCUT2D eigenvalue weighted by molar-refractivity contribution is 6.44. The lowest BCUT2D eigenvalue weighted by molar-refractivity contribution is -0.144. The van der Waals surface area contributed by atoms with Gasteiger partial charge in [0.15, 0.2) is 0 Å². The Bertz CT molecular complexity index is 921. The molecule has 0 bridgehead atoms. The van der Waals surface area contributed by atoms with E-state index in [1.165, 1.54) is 19.0 Å². The van der Waals surface area contributed by atoms with E-state index in [1.54, 1.807) is 24.3 Å². The molecular weight excluding hydrogens is 374 g/mol. The molecule has 2 heterocycles. The Morgan fingerprint density at radius 2 is 1.74 bits per heavy atom. The van der Waals surface area contributed by atoms with Crippen molar-refractivity contribution >= 4 is 35.4 Å². The molecule has 27 heavy (non-hydrogen) atoms. The van der Waals surface area contributed by atoms with E-state index in [-0.39, 0.29) is 6.54 Å². The first kappa shape index (κ1) is 18.7. The molecule has 0 saturated carbocycles. The van der Waals surface area contributed by atoms with Gasteiger partial charge in [-0.1, -0.05) is 11.6 Å². The summed E-state index contributed by atoms with van der Waals surface area (Å²) in [5, 5.41) is 0.617. The second kappa shape index (κ2) is 7.24. The maximum Gasteiger partial charge on any atom is 0.334 e. The van der Waals surface area contributed by atoms with E-state index in [4.69, 9.17) is 16.0 Å². The standard InChI is InChI=1S/C18H16ClN3O5/c1-20(15(23)10-22-17(25)16(24)21(2)18(22)26)9-13-7-8-14(27-13)11-3-5-12(19)6-4-11/h3-8H,9-10H2,1-2H3. The van der Waals surface area contributed by atoms with Gasteiger partial charge in [0.1, 0.15) is 18.1 Å². The van der Waals surface area contributed by atoms with Crippen LogP contribution in [0.3, 0.4) is 0 Å². The predicted octanol–water partition coefficient (Wildman–Crippen LogP) is 1.98. The summed E-state index contributed by atoms with van der Waals surface area (Å²) in [5.41, 5.74) is 0.842. The second-order valence-corrected chi connectivity index (χ2v) is 6.50. The van der Waals surface area contributed by atoms with Crippen LogP contribution in [0.5, 0.6) is 0 Å². The largest absolute Gasteiger partial charge is 0.459 e. The van der Waals surface area contributed by atoms with Crippen molar-refractivity contribution in [2.45, 2.75) is 6.54 Å². The van der Waals surface area contributed by atoms with E-state index in [0.29, 0.717) is 26.3 Å².